The van der Waals surface area contributed by atoms with Crippen molar-refractivity contribution >= 4 is 15.4 Å². The molecule has 0 N–H and O–H groups in total. The zero-order valence-electron chi connectivity index (χ0n) is 29.4. The number of fused-ring (bicyclic) bond motifs is 5. The molecule has 0 fully saturated rings. The third-order valence-corrected chi connectivity index (χ3v) is 19.9. The number of rotatable bonds is 4. The topological polar surface area (TPSA) is 0 Å². The summed E-state index contributed by atoms with van der Waals surface area (Å²) >= 11 is -2.74. The second-order valence-corrected chi connectivity index (χ2v) is 21.2. The number of hydrogen-bond donors (Lipinski definition) is 0. The zero-order valence-corrected chi connectivity index (χ0v) is 33.3. The fraction of sp³-hybridized carbons (Fsp3) is 0.267. The molecule has 0 aliphatic heterocycles. The molecule has 0 amide bonds. The van der Waals surface area contributed by atoms with Crippen molar-refractivity contribution in [3.05, 3.63) is 159 Å². The summed E-state index contributed by atoms with van der Waals surface area (Å²) in [6.07, 6.45) is 13.4. The van der Waals surface area contributed by atoms with E-state index in [0.717, 1.165) is 6.42 Å². The Morgan fingerprint density at radius 1 is 0.688 bits per heavy atom. The van der Waals surface area contributed by atoms with Crippen LogP contribution in [0.1, 0.15) is 97.2 Å². The van der Waals surface area contributed by atoms with Crippen LogP contribution < -0.4 is 24.8 Å². The van der Waals surface area contributed by atoms with Crippen LogP contribution in [-0.2, 0) is 38.5 Å². The number of benzene rings is 4. The van der Waals surface area contributed by atoms with Gasteiger partial charge in [0.1, 0.15) is 0 Å². The molecule has 0 aromatic heterocycles. The third kappa shape index (κ3) is 5.59. The summed E-state index contributed by atoms with van der Waals surface area (Å²) in [6, 6.07) is 28.9. The van der Waals surface area contributed by atoms with E-state index in [1.54, 1.807) is 9.77 Å². The van der Waals surface area contributed by atoms with E-state index in [1.165, 1.54) is 72.3 Å². The molecule has 0 nitrogen and oxygen atoms in total. The molecule has 0 bridgehead atoms. The molecule has 0 heterocycles. The van der Waals surface area contributed by atoms with Crippen LogP contribution in [0.5, 0.6) is 0 Å². The zero-order chi connectivity index (χ0) is 32.1. The molecule has 1 atom stereocenters. The van der Waals surface area contributed by atoms with Gasteiger partial charge in [0.15, 0.2) is 0 Å². The maximum absolute atomic E-state index is 2.74. The van der Waals surface area contributed by atoms with Crippen LogP contribution in [0.25, 0.3) is 23.3 Å². The second kappa shape index (κ2) is 12.5. The fourth-order valence-electron chi connectivity index (χ4n) is 8.47. The van der Waals surface area contributed by atoms with E-state index in [-0.39, 0.29) is 35.6 Å². The van der Waals surface area contributed by atoms with E-state index < -0.39 is 21.3 Å². The molecule has 48 heavy (non-hydrogen) atoms. The SMILES string of the molecule is CC1=CC(C)[C]([Zr+2]([C]2=Cc3cc4c(cc3C2(C)C)Cc2cc3c(cc2-4)C=CC3(C)C)=[C](c2ccc(C)cc2)c2ccc(C)cc2)=C1.[Cl-].[Cl-]. The summed E-state index contributed by atoms with van der Waals surface area (Å²) in [5, 5.41) is 0. The standard InChI is InChI=1S/C23H21.C15H14.C7H9.2ClH.Zr/c1-22(2)7-5-14-10-18-16(12-20(14)22)9-17-13-21-15(11-19(17)18)6-8-23(21,3)4;1-12-3-7-14(8-4-12)11-15-9-5-13(2)6-10-15;1-6-3-4-7(2)5-6;;;/h5-7,10-13H,9H2,1-4H3;3-10H,1-2H3;3,5,7H,1-2H3;2*1H;/q;;;;;+2/p-2. The molecule has 4 aliphatic rings. The Kier molecular flexibility index (Phi) is 9.12. The first kappa shape index (κ1) is 35.0. The van der Waals surface area contributed by atoms with Crippen LogP contribution >= 0.6 is 0 Å². The Bertz CT molecular complexity index is 2080. The van der Waals surface area contributed by atoms with Gasteiger partial charge in [-0.3, -0.25) is 0 Å². The van der Waals surface area contributed by atoms with Gasteiger partial charge in [-0.05, 0) is 0 Å². The van der Waals surface area contributed by atoms with E-state index in [1.807, 2.05) is 0 Å². The molecule has 8 rings (SSSR count). The smallest absolute Gasteiger partial charge is 1.00 e. The Hall–Kier alpha value is -2.83. The maximum atomic E-state index is 2.66. The molecule has 3 heteroatoms. The van der Waals surface area contributed by atoms with Gasteiger partial charge in [0.05, 0.1) is 0 Å². The van der Waals surface area contributed by atoms with E-state index in [9.17, 15) is 0 Å². The first-order chi connectivity index (χ1) is 21.9. The number of allylic oxidation sites excluding steroid dienone is 6. The van der Waals surface area contributed by atoms with Crippen molar-refractivity contribution in [1.82, 2.24) is 0 Å². The van der Waals surface area contributed by atoms with Gasteiger partial charge in [-0.1, -0.05) is 0 Å². The Morgan fingerprint density at radius 3 is 1.77 bits per heavy atom. The molecule has 0 spiro atoms. The van der Waals surface area contributed by atoms with Crippen molar-refractivity contribution in [1.29, 1.82) is 0 Å². The molecule has 1 unspecified atom stereocenters. The second-order valence-electron chi connectivity index (χ2n) is 15.4. The van der Waals surface area contributed by atoms with E-state index >= 15 is 0 Å². The quantitative estimate of drug-likeness (QED) is 0.238. The average molecular weight is 747 g/mol. The molecule has 4 aromatic rings. The summed E-state index contributed by atoms with van der Waals surface area (Å²) in [7, 11) is 0. The molecule has 0 radical (unpaired) electrons. The van der Waals surface area contributed by atoms with Gasteiger partial charge in [-0.25, -0.2) is 0 Å². The van der Waals surface area contributed by atoms with Crippen LogP contribution in [0.3, 0.4) is 0 Å². The van der Waals surface area contributed by atoms with Gasteiger partial charge >= 0.3 is 285 Å². The first-order valence-corrected chi connectivity index (χ1v) is 20.6. The Balaban J connectivity index is 0.00000201. The summed E-state index contributed by atoms with van der Waals surface area (Å²) in [4.78, 5) is 0. The predicted octanol–water partition coefficient (Wildman–Crippen LogP) is 5.19. The van der Waals surface area contributed by atoms with Crippen molar-refractivity contribution in [2.24, 2.45) is 5.92 Å². The number of halogens is 2. The summed E-state index contributed by atoms with van der Waals surface area (Å²) in [5.41, 5.74) is 18.6. The number of aryl methyl sites for hydroxylation is 2. The van der Waals surface area contributed by atoms with Crippen molar-refractivity contribution < 1.29 is 46.1 Å². The van der Waals surface area contributed by atoms with E-state index in [4.69, 9.17) is 0 Å². The monoisotopic (exact) mass is 744 g/mol. The minimum atomic E-state index is -2.74. The van der Waals surface area contributed by atoms with Crippen LogP contribution in [0.4, 0.5) is 0 Å². The minimum absolute atomic E-state index is 0. The fourth-order valence-corrected chi connectivity index (χ4v) is 17.7. The summed E-state index contributed by atoms with van der Waals surface area (Å²) < 4.78 is 5.01. The maximum Gasteiger partial charge on any atom is -1.00 e. The summed E-state index contributed by atoms with van der Waals surface area (Å²) in [5.74, 6) is 0.469. The predicted molar refractivity (Wildman–Crippen MR) is 194 cm³/mol. The van der Waals surface area contributed by atoms with E-state index in [2.05, 4.69) is 159 Å². The molecule has 242 valence electrons. The molecular formula is C45H44Cl2Zr. The average Bonchev–Trinajstić information content (AvgIpc) is 3.71. The van der Waals surface area contributed by atoms with Crippen LogP contribution in [-0.4, -0.2) is 3.21 Å². The van der Waals surface area contributed by atoms with Gasteiger partial charge in [0, 0.05) is 0 Å². The molecule has 0 saturated carbocycles. The van der Waals surface area contributed by atoms with Gasteiger partial charge in [-0.15, -0.1) is 0 Å². The third-order valence-electron chi connectivity index (χ3n) is 11.1. The number of hydrogen-bond acceptors (Lipinski definition) is 0. The molecule has 0 saturated heterocycles. The Labute approximate surface area is 307 Å². The molecule has 4 aromatic carbocycles. The van der Waals surface area contributed by atoms with Gasteiger partial charge in [0.25, 0.3) is 0 Å². The van der Waals surface area contributed by atoms with Crippen LogP contribution in [0.2, 0.25) is 0 Å². The van der Waals surface area contributed by atoms with Gasteiger partial charge in [0.2, 0.25) is 0 Å². The van der Waals surface area contributed by atoms with Crippen LogP contribution in [0.15, 0.2) is 103 Å². The van der Waals surface area contributed by atoms with Crippen LogP contribution in [0, 0.1) is 19.8 Å². The normalized spacial score (nSPS) is 18.2. The molecule has 4 aliphatic carbocycles. The van der Waals surface area contributed by atoms with Crippen molar-refractivity contribution in [3.8, 4) is 11.1 Å². The van der Waals surface area contributed by atoms with Crippen molar-refractivity contribution in [2.45, 2.75) is 72.6 Å². The van der Waals surface area contributed by atoms with Gasteiger partial charge < -0.3 is 24.8 Å². The largest absolute Gasteiger partial charge is 1.00 e. The Morgan fingerprint density at radius 2 is 1.23 bits per heavy atom. The van der Waals surface area contributed by atoms with Crippen molar-refractivity contribution in [2.75, 3.05) is 0 Å². The molecular weight excluding hydrogens is 703 g/mol. The first-order valence-electron chi connectivity index (χ1n) is 17.0. The minimum Gasteiger partial charge on any atom is -1.00 e. The summed E-state index contributed by atoms with van der Waals surface area (Å²) in [6.45, 7) is 18.8. The van der Waals surface area contributed by atoms with Crippen molar-refractivity contribution in [3.63, 3.8) is 0 Å². The van der Waals surface area contributed by atoms with E-state index in [0.29, 0.717) is 5.92 Å². The van der Waals surface area contributed by atoms with Gasteiger partial charge in [-0.2, -0.15) is 0 Å².